The molecule has 0 bridgehead atoms. The maximum Gasteiger partial charge on any atom is 0.291 e. The van der Waals surface area contributed by atoms with Crippen molar-refractivity contribution in [3.8, 4) is 0 Å². The molecule has 0 radical (unpaired) electrons. The van der Waals surface area contributed by atoms with Crippen molar-refractivity contribution in [3.05, 3.63) is 49.4 Å². The highest BCUT2D eigenvalue weighted by molar-refractivity contribution is 9.10. The van der Waals surface area contributed by atoms with Crippen LogP contribution in [0, 0.1) is 0 Å². The summed E-state index contributed by atoms with van der Waals surface area (Å²) in [6, 6.07) is 5.57. The number of aromatic nitrogens is 3. The van der Waals surface area contributed by atoms with E-state index in [4.69, 9.17) is 0 Å². The van der Waals surface area contributed by atoms with E-state index in [0.29, 0.717) is 15.1 Å². The molecule has 1 amide bonds. The van der Waals surface area contributed by atoms with Crippen LogP contribution in [0.1, 0.15) is 5.56 Å². The van der Waals surface area contributed by atoms with E-state index in [1.165, 1.54) is 22.2 Å². The smallest absolute Gasteiger partial charge is 0.291 e. The van der Waals surface area contributed by atoms with E-state index in [1.807, 2.05) is 18.2 Å². The van der Waals surface area contributed by atoms with Gasteiger partial charge in [0.25, 0.3) is 11.5 Å². The molecule has 3 aromatic rings. The molecule has 0 N–H and O–H groups in total. The number of carbonyl (C=O) groups excluding carboxylic acids is 1. The standard InChI is InChI=1S/C13H7BrN4O2S/c1-17-8-3-2-6(14)4-7(8)9(11(17)19)10-12(20)18-13(21-10)15-5-16-18/h2-5H,1H3. The van der Waals surface area contributed by atoms with E-state index < -0.39 is 0 Å². The number of fused-ring (bicyclic) bond motifs is 2. The van der Waals surface area contributed by atoms with Gasteiger partial charge in [-0.1, -0.05) is 27.3 Å². The molecule has 1 aromatic carbocycles. The molecule has 0 unspecified atom stereocenters. The van der Waals surface area contributed by atoms with Crippen LogP contribution in [0.4, 0.5) is 5.69 Å². The van der Waals surface area contributed by atoms with Gasteiger partial charge in [0.05, 0.1) is 11.3 Å². The van der Waals surface area contributed by atoms with Crippen LogP contribution in [-0.4, -0.2) is 27.6 Å². The molecule has 0 spiro atoms. The van der Waals surface area contributed by atoms with Crippen molar-refractivity contribution in [2.45, 2.75) is 0 Å². The van der Waals surface area contributed by atoms with Crippen molar-refractivity contribution in [1.82, 2.24) is 14.6 Å². The van der Waals surface area contributed by atoms with Crippen molar-refractivity contribution in [3.63, 3.8) is 0 Å². The SMILES string of the molecule is CN1C(=O)C(=c2sc3ncnn3c2=O)c2cc(Br)ccc21. The van der Waals surface area contributed by atoms with E-state index in [-0.39, 0.29) is 11.5 Å². The van der Waals surface area contributed by atoms with Crippen LogP contribution >= 0.6 is 27.3 Å². The Morgan fingerprint density at radius 3 is 2.86 bits per heavy atom. The predicted octanol–water partition coefficient (Wildman–Crippen LogP) is 0.808. The van der Waals surface area contributed by atoms with E-state index in [1.54, 1.807) is 11.9 Å². The fraction of sp³-hybridized carbons (Fsp3) is 0.0769. The summed E-state index contributed by atoms with van der Waals surface area (Å²) in [5.74, 6) is -0.190. The van der Waals surface area contributed by atoms with Gasteiger partial charge in [0.1, 0.15) is 10.9 Å². The summed E-state index contributed by atoms with van der Waals surface area (Å²) in [4.78, 5) is 31.0. The summed E-state index contributed by atoms with van der Waals surface area (Å²) in [7, 11) is 1.70. The molecule has 0 aliphatic carbocycles. The lowest BCUT2D eigenvalue weighted by atomic mass is 10.1. The number of anilines is 1. The first-order chi connectivity index (χ1) is 10.1. The molecule has 21 heavy (non-hydrogen) atoms. The first-order valence-electron chi connectivity index (χ1n) is 6.03. The quantitative estimate of drug-likeness (QED) is 0.593. The zero-order valence-corrected chi connectivity index (χ0v) is 13.1. The Kier molecular flexibility index (Phi) is 2.54. The molecule has 0 fully saturated rings. The molecule has 0 atom stereocenters. The largest absolute Gasteiger partial charge is 0.311 e. The van der Waals surface area contributed by atoms with Crippen molar-refractivity contribution in [2.75, 3.05) is 11.9 Å². The first-order valence-corrected chi connectivity index (χ1v) is 7.63. The maximum atomic E-state index is 12.5. The van der Waals surface area contributed by atoms with E-state index in [2.05, 4.69) is 26.0 Å². The van der Waals surface area contributed by atoms with Gasteiger partial charge in [-0.2, -0.15) is 9.61 Å². The molecule has 1 aliphatic rings. The number of benzene rings is 1. The number of hydrogen-bond acceptors (Lipinski definition) is 5. The molecule has 8 heteroatoms. The zero-order valence-electron chi connectivity index (χ0n) is 10.7. The molecular weight excluding hydrogens is 356 g/mol. The van der Waals surface area contributed by atoms with E-state index in [9.17, 15) is 9.59 Å². The van der Waals surface area contributed by atoms with Crippen LogP contribution in [0.5, 0.6) is 0 Å². The predicted molar refractivity (Wildman–Crippen MR) is 82.4 cm³/mol. The second-order valence-electron chi connectivity index (χ2n) is 4.59. The summed E-state index contributed by atoms with van der Waals surface area (Å²) in [6.45, 7) is 0. The van der Waals surface area contributed by atoms with Gasteiger partial charge in [-0.05, 0) is 18.2 Å². The Morgan fingerprint density at radius 2 is 2.10 bits per heavy atom. The van der Waals surface area contributed by atoms with Gasteiger partial charge in [0.15, 0.2) is 0 Å². The Labute approximate surface area is 130 Å². The van der Waals surface area contributed by atoms with Gasteiger partial charge in [-0.15, -0.1) is 0 Å². The number of halogens is 1. The number of nitrogens with zero attached hydrogens (tertiary/aromatic N) is 4. The first kappa shape index (κ1) is 12.7. The summed E-state index contributed by atoms with van der Waals surface area (Å²) in [5.41, 5.74) is 1.64. The Hall–Kier alpha value is -2.06. The summed E-state index contributed by atoms with van der Waals surface area (Å²) >= 11 is 4.58. The Morgan fingerprint density at radius 1 is 1.29 bits per heavy atom. The van der Waals surface area contributed by atoms with Crippen LogP contribution in [0.2, 0.25) is 0 Å². The van der Waals surface area contributed by atoms with Crippen molar-refractivity contribution < 1.29 is 4.79 Å². The van der Waals surface area contributed by atoms with Gasteiger partial charge in [-0.3, -0.25) is 9.59 Å². The van der Waals surface area contributed by atoms with Crippen molar-refractivity contribution >= 4 is 49.4 Å². The van der Waals surface area contributed by atoms with Crippen molar-refractivity contribution in [2.24, 2.45) is 0 Å². The minimum absolute atomic E-state index is 0.190. The topological polar surface area (TPSA) is 67.6 Å². The molecule has 104 valence electrons. The number of thiazole rings is 1. The Bertz CT molecular complexity index is 1020. The number of amides is 1. The van der Waals surface area contributed by atoms with E-state index >= 15 is 0 Å². The molecule has 2 aromatic heterocycles. The van der Waals surface area contributed by atoms with Crippen LogP contribution in [-0.2, 0) is 4.79 Å². The highest BCUT2D eigenvalue weighted by Crippen LogP contribution is 2.36. The van der Waals surface area contributed by atoms with Crippen LogP contribution in [0.3, 0.4) is 0 Å². The molecule has 3 heterocycles. The van der Waals surface area contributed by atoms with Gasteiger partial charge in [-0.25, -0.2) is 4.98 Å². The molecule has 0 saturated carbocycles. The monoisotopic (exact) mass is 362 g/mol. The summed E-state index contributed by atoms with van der Waals surface area (Å²) < 4.78 is 2.45. The minimum atomic E-state index is -0.308. The minimum Gasteiger partial charge on any atom is -0.311 e. The Balaban J connectivity index is 2.18. The van der Waals surface area contributed by atoms with Crippen LogP contribution in [0.25, 0.3) is 10.5 Å². The highest BCUT2D eigenvalue weighted by atomic mass is 79.9. The average Bonchev–Trinajstić information content (AvgIpc) is 3.08. The summed E-state index contributed by atoms with van der Waals surface area (Å²) in [6.07, 6.45) is 1.33. The normalized spacial score (nSPS) is 16.9. The van der Waals surface area contributed by atoms with Gasteiger partial charge in [0, 0.05) is 17.1 Å². The third-order valence-corrected chi connectivity index (χ3v) is 4.97. The lowest BCUT2D eigenvalue weighted by Crippen LogP contribution is -2.30. The molecule has 6 nitrogen and oxygen atoms in total. The lowest BCUT2D eigenvalue weighted by molar-refractivity contribution is -0.112. The third-order valence-electron chi connectivity index (χ3n) is 3.43. The second-order valence-corrected chi connectivity index (χ2v) is 6.48. The third kappa shape index (κ3) is 1.63. The number of likely N-dealkylation sites (N-methyl/N-ethyl adjacent to an activating group) is 1. The van der Waals surface area contributed by atoms with Gasteiger partial charge < -0.3 is 4.90 Å². The lowest BCUT2D eigenvalue weighted by Gasteiger charge is -2.08. The number of hydrogen-bond donors (Lipinski definition) is 0. The number of rotatable bonds is 0. The van der Waals surface area contributed by atoms with Crippen LogP contribution in [0.15, 0.2) is 33.8 Å². The molecule has 0 saturated heterocycles. The highest BCUT2D eigenvalue weighted by Gasteiger charge is 2.32. The van der Waals surface area contributed by atoms with Crippen molar-refractivity contribution in [1.29, 1.82) is 0 Å². The fourth-order valence-corrected chi connectivity index (χ4v) is 3.77. The number of carbonyl (C=O) groups is 1. The van der Waals surface area contributed by atoms with Gasteiger partial charge in [0.2, 0.25) is 4.96 Å². The maximum absolute atomic E-state index is 12.5. The average molecular weight is 363 g/mol. The van der Waals surface area contributed by atoms with Gasteiger partial charge >= 0.3 is 0 Å². The van der Waals surface area contributed by atoms with E-state index in [0.717, 1.165) is 15.7 Å². The summed E-state index contributed by atoms with van der Waals surface area (Å²) in [5, 5.41) is 3.88. The van der Waals surface area contributed by atoms with Crippen LogP contribution < -0.4 is 15.0 Å². The molecule has 1 aliphatic heterocycles. The molecular formula is C13H7BrN4O2S. The second kappa shape index (κ2) is 4.22. The molecule has 4 rings (SSSR count). The fourth-order valence-electron chi connectivity index (χ4n) is 2.44. The zero-order chi connectivity index (χ0) is 14.7.